The molecule has 0 fully saturated rings. The molecular weight excluding hydrogens is 291 g/mol. The van der Waals surface area contributed by atoms with Gasteiger partial charge >= 0.3 is 0 Å². The number of nitrogens with one attached hydrogen (secondary N) is 1. The summed E-state index contributed by atoms with van der Waals surface area (Å²) in [6, 6.07) is 15.0. The van der Waals surface area contributed by atoms with E-state index < -0.39 is 5.91 Å². The van der Waals surface area contributed by atoms with Crippen molar-refractivity contribution in [1.82, 2.24) is 0 Å². The van der Waals surface area contributed by atoms with Crippen LogP contribution >= 0.6 is 0 Å². The number of hydrogen-bond acceptors (Lipinski definition) is 2. The Labute approximate surface area is 135 Å². The van der Waals surface area contributed by atoms with Gasteiger partial charge in [0.15, 0.2) is 0 Å². The molecule has 3 nitrogen and oxygen atoms in total. The fourth-order valence-electron chi connectivity index (χ4n) is 2.02. The third kappa shape index (κ3) is 4.52. The average Bonchev–Trinajstić information content (AvgIpc) is 2.55. The van der Waals surface area contributed by atoms with E-state index in [1.54, 1.807) is 0 Å². The van der Waals surface area contributed by atoms with Crippen LogP contribution in [0.15, 0.2) is 54.1 Å². The van der Waals surface area contributed by atoms with Crippen molar-refractivity contribution >= 4 is 17.7 Å². The van der Waals surface area contributed by atoms with Crippen LogP contribution < -0.4 is 5.32 Å². The maximum absolute atomic E-state index is 12.8. The van der Waals surface area contributed by atoms with Gasteiger partial charge in [0.2, 0.25) is 0 Å². The minimum absolute atomic E-state index is 0.00776. The van der Waals surface area contributed by atoms with E-state index in [9.17, 15) is 14.4 Å². The largest absolute Gasteiger partial charge is 0.321 e. The highest BCUT2D eigenvalue weighted by Gasteiger charge is 2.09. The molecule has 2 aromatic carbocycles. The normalized spacial score (nSPS) is 11.2. The molecule has 0 spiro atoms. The number of rotatable bonds is 4. The second-order valence-corrected chi connectivity index (χ2v) is 5.45. The first kappa shape index (κ1) is 16.4. The summed E-state index contributed by atoms with van der Waals surface area (Å²) in [5.41, 5.74) is 2.40. The maximum atomic E-state index is 12.8. The number of amides is 1. The summed E-state index contributed by atoms with van der Waals surface area (Å²) in [6.45, 7) is 4.20. The van der Waals surface area contributed by atoms with E-state index in [1.807, 2.05) is 30.3 Å². The highest BCUT2D eigenvalue weighted by atomic mass is 19.1. The lowest BCUT2D eigenvalue weighted by Gasteiger charge is -2.06. The Morgan fingerprint density at radius 3 is 2.26 bits per heavy atom. The van der Waals surface area contributed by atoms with Crippen LogP contribution in [0.4, 0.5) is 10.1 Å². The lowest BCUT2D eigenvalue weighted by Crippen LogP contribution is -2.13. The lowest BCUT2D eigenvalue weighted by molar-refractivity contribution is -0.112. The molecule has 0 aromatic heterocycles. The fraction of sp³-hybridized carbons (Fsp3) is 0.158. The van der Waals surface area contributed by atoms with Gasteiger partial charge in [-0.15, -0.1) is 0 Å². The number of benzene rings is 2. The number of nitriles is 1. The molecule has 0 unspecified atom stereocenters. The molecule has 1 amide bonds. The van der Waals surface area contributed by atoms with Crippen molar-refractivity contribution in [3.63, 3.8) is 0 Å². The molecule has 0 aliphatic heterocycles. The van der Waals surface area contributed by atoms with Gasteiger partial charge in [0, 0.05) is 5.69 Å². The van der Waals surface area contributed by atoms with E-state index in [1.165, 1.54) is 35.9 Å². The lowest BCUT2D eigenvalue weighted by atomic mass is 10.0. The highest BCUT2D eigenvalue weighted by Crippen LogP contribution is 2.17. The van der Waals surface area contributed by atoms with Gasteiger partial charge < -0.3 is 5.32 Å². The van der Waals surface area contributed by atoms with E-state index in [-0.39, 0.29) is 11.4 Å². The van der Waals surface area contributed by atoms with Gasteiger partial charge in [0.25, 0.3) is 5.91 Å². The summed E-state index contributed by atoms with van der Waals surface area (Å²) in [4.78, 5) is 12.1. The van der Waals surface area contributed by atoms with Gasteiger partial charge in [0.1, 0.15) is 17.5 Å². The van der Waals surface area contributed by atoms with Gasteiger partial charge in [-0.05, 0) is 47.4 Å². The molecular formula is C19H17FN2O. The molecule has 0 aliphatic rings. The minimum Gasteiger partial charge on any atom is -0.321 e. The van der Waals surface area contributed by atoms with Crippen molar-refractivity contribution < 1.29 is 9.18 Å². The number of anilines is 1. The molecule has 23 heavy (non-hydrogen) atoms. The van der Waals surface area contributed by atoms with Gasteiger partial charge in [-0.2, -0.15) is 5.26 Å². The van der Waals surface area contributed by atoms with E-state index in [0.717, 1.165) is 5.56 Å². The van der Waals surface area contributed by atoms with Gasteiger partial charge in [-0.25, -0.2) is 4.39 Å². The van der Waals surface area contributed by atoms with E-state index in [0.29, 0.717) is 11.6 Å². The van der Waals surface area contributed by atoms with E-state index >= 15 is 0 Å². The first-order chi connectivity index (χ1) is 11.0. The van der Waals surface area contributed by atoms with Crippen molar-refractivity contribution in [3.8, 4) is 6.07 Å². The van der Waals surface area contributed by atoms with Crippen LogP contribution in [0.25, 0.3) is 6.08 Å². The predicted octanol–water partition coefficient (Wildman–Crippen LogP) is 4.49. The number of nitrogens with zero attached hydrogens (tertiary/aromatic N) is 1. The Bertz CT molecular complexity index is 753. The smallest absolute Gasteiger partial charge is 0.266 e. The SMILES string of the molecule is CC(C)c1ccc(/C=C(/C#N)C(=O)Nc2ccc(F)cc2)cc1. The molecule has 1 N–H and O–H groups in total. The molecule has 0 radical (unpaired) electrons. The van der Waals surface area contributed by atoms with Crippen molar-refractivity contribution in [2.45, 2.75) is 19.8 Å². The second-order valence-electron chi connectivity index (χ2n) is 5.45. The quantitative estimate of drug-likeness (QED) is 0.668. The monoisotopic (exact) mass is 308 g/mol. The predicted molar refractivity (Wildman–Crippen MR) is 89.2 cm³/mol. The number of hydrogen-bond donors (Lipinski definition) is 1. The highest BCUT2D eigenvalue weighted by molar-refractivity contribution is 6.09. The van der Waals surface area contributed by atoms with Gasteiger partial charge in [0.05, 0.1) is 0 Å². The molecule has 2 rings (SSSR count). The Kier molecular flexibility index (Phi) is 5.27. The summed E-state index contributed by atoms with van der Waals surface area (Å²) >= 11 is 0. The number of halogens is 1. The average molecular weight is 308 g/mol. The molecule has 0 bridgehead atoms. The molecule has 2 aromatic rings. The standard InChI is InChI=1S/C19H17FN2O/c1-13(2)15-5-3-14(4-6-15)11-16(12-21)19(23)22-18-9-7-17(20)8-10-18/h3-11,13H,1-2H3,(H,22,23)/b16-11-. The van der Waals surface area contributed by atoms with Crippen LogP contribution in [0.2, 0.25) is 0 Å². The topological polar surface area (TPSA) is 52.9 Å². The Morgan fingerprint density at radius 1 is 1.13 bits per heavy atom. The number of carbonyl (C=O) groups is 1. The van der Waals surface area contributed by atoms with Crippen molar-refractivity contribution in [3.05, 3.63) is 71.0 Å². The van der Waals surface area contributed by atoms with Gasteiger partial charge in [-0.1, -0.05) is 38.1 Å². The van der Waals surface area contributed by atoms with Crippen LogP contribution in [-0.4, -0.2) is 5.91 Å². The van der Waals surface area contributed by atoms with Crippen LogP contribution in [-0.2, 0) is 4.79 Å². The molecule has 0 saturated heterocycles. The zero-order valence-electron chi connectivity index (χ0n) is 13.0. The maximum Gasteiger partial charge on any atom is 0.266 e. The first-order valence-electron chi connectivity index (χ1n) is 7.28. The Hall–Kier alpha value is -2.93. The Balaban J connectivity index is 2.16. The summed E-state index contributed by atoms with van der Waals surface area (Å²) in [5, 5.41) is 11.8. The van der Waals surface area contributed by atoms with E-state index in [4.69, 9.17) is 0 Å². The van der Waals surface area contributed by atoms with Crippen LogP contribution in [0, 0.1) is 17.1 Å². The summed E-state index contributed by atoms with van der Waals surface area (Å²) in [5.74, 6) is -0.485. The minimum atomic E-state index is -0.521. The molecule has 4 heteroatoms. The van der Waals surface area contributed by atoms with E-state index in [2.05, 4.69) is 19.2 Å². The molecule has 0 aliphatic carbocycles. The summed E-state index contributed by atoms with van der Waals surface area (Å²) < 4.78 is 12.8. The Morgan fingerprint density at radius 2 is 1.74 bits per heavy atom. The molecule has 0 heterocycles. The first-order valence-corrected chi connectivity index (χ1v) is 7.28. The molecule has 0 atom stereocenters. The van der Waals surface area contributed by atoms with Crippen molar-refractivity contribution in [2.24, 2.45) is 0 Å². The molecule has 0 saturated carbocycles. The second kappa shape index (κ2) is 7.37. The number of carbonyl (C=O) groups excluding carboxylic acids is 1. The van der Waals surface area contributed by atoms with Crippen LogP contribution in [0.3, 0.4) is 0 Å². The zero-order chi connectivity index (χ0) is 16.8. The van der Waals surface area contributed by atoms with Crippen molar-refractivity contribution in [1.29, 1.82) is 5.26 Å². The molecule has 116 valence electrons. The van der Waals surface area contributed by atoms with Crippen molar-refractivity contribution in [2.75, 3.05) is 5.32 Å². The fourth-order valence-corrected chi connectivity index (χ4v) is 2.02. The zero-order valence-corrected chi connectivity index (χ0v) is 13.0. The third-order valence-electron chi connectivity index (χ3n) is 3.38. The third-order valence-corrected chi connectivity index (χ3v) is 3.38. The summed E-state index contributed by atoms with van der Waals surface area (Å²) in [7, 11) is 0. The van der Waals surface area contributed by atoms with Crippen LogP contribution in [0.5, 0.6) is 0 Å². The van der Waals surface area contributed by atoms with Crippen LogP contribution in [0.1, 0.15) is 30.9 Å². The summed E-state index contributed by atoms with van der Waals surface area (Å²) in [6.07, 6.45) is 1.53. The van der Waals surface area contributed by atoms with Gasteiger partial charge in [-0.3, -0.25) is 4.79 Å².